The molecule has 3 amide bonds. The van der Waals surface area contributed by atoms with E-state index in [0.717, 1.165) is 33.3 Å². The quantitative estimate of drug-likeness (QED) is 0.193. The lowest BCUT2D eigenvalue weighted by Gasteiger charge is -2.19. The number of hydrogen-bond donors (Lipinski definition) is 4. The number of primary amides is 1. The van der Waals surface area contributed by atoms with Crippen LogP contribution in [-0.2, 0) is 33.8 Å². The molecule has 0 aliphatic heterocycles. The van der Waals surface area contributed by atoms with Crippen molar-refractivity contribution in [3.05, 3.63) is 102 Å². The summed E-state index contributed by atoms with van der Waals surface area (Å²) < 4.78 is 5.87. The van der Waals surface area contributed by atoms with Crippen LogP contribution in [0.1, 0.15) is 36.5 Å². The van der Waals surface area contributed by atoms with Gasteiger partial charge in [0.25, 0.3) is 0 Å². The smallest absolute Gasteiger partial charge is 0.242 e. The molecule has 4 rings (SSSR count). The van der Waals surface area contributed by atoms with E-state index in [-0.39, 0.29) is 18.2 Å². The lowest BCUT2D eigenvalue weighted by atomic mass is 10.0. The molecule has 2 unspecified atom stereocenters. The molecule has 1 heterocycles. The van der Waals surface area contributed by atoms with E-state index in [1.54, 1.807) is 6.92 Å². The molecule has 8 nitrogen and oxygen atoms in total. The highest BCUT2D eigenvalue weighted by Gasteiger charge is 2.22. The third-order valence-electron chi connectivity index (χ3n) is 6.92. The van der Waals surface area contributed by atoms with Crippen molar-refractivity contribution in [2.45, 2.75) is 45.3 Å². The van der Waals surface area contributed by atoms with Crippen LogP contribution in [0.15, 0.2) is 85.1 Å². The number of benzene rings is 3. The highest BCUT2D eigenvalue weighted by molar-refractivity contribution is 5.88. The normalized spacial score (nSPS) is 12.4. The average Bonchev–Trinajstić information content (AvgIpc) is 3.38. The van der Waals surface area contributed by atoms with Crippen LogP contribution in [0, 0.1) is 5.92 Å². The average molecular weight is 541 g/mol. The summed E-state index contributed by atoms with van der Waals surface area (Å²) in [6.45, 7) is 2.57. The molecule has 5 N–H and O–H groups in total. The van der Waals surface area contributed by atoms with Gasteiger partial charge in [-0.3, -0.25) is 14.4 Å². The second-order valence-electron chi connectivity index (χ2n) is 9.99. The Morgan fingerprint density at radius 1 is 0.925 bits per heavy atom. The number of nitrogens with one attached hydrogen (secondary N) is 3. The van der Waals surface area contributed by atoms with E-state index in [4.69, 9.17) is 10.5 Å². The summed E-state index contributed by atoms with van der Waals surface area (Å²) in [5.41, 5.74) is 9.45. The van der Waals surface area contributed by atoms with Crippen molar-refractivity contribution in [2.24, 2.45) is 11.7 Å². The number of ether oxygens (including phenoxy) is 1. The second kappa shape index (κ2) is 14.0. The van der Waals surface area contributed by atoms with Gasteiger partial charge in [-0.15, -0.1) is 0 Å². The molecule has 4 aromatic rings. The molecule has 1 aromatic heterocycles. The first-order valence-corrected chi connectivity index (χ1v) is 13.6. The van der Waals surface area contributed by atoms with E-state index in [2.05, 4.69) is 15.6 Å². The van der Waals surface area contributed by atoms with Gasteiger partial charge < -0.3 is 26.1 Å². The summed E-state index contributed by atoms with van der Waals surface area (Å²) in [5, 5.41) is 6.96. The van der Waals surface area contributed by atoms with Crippen LogP contribution in [0.25, 0.3) is 10.9 Å². The Hall–Kier alpha value is -4.59. The van der Waals surface area contributed by atoms with Crippen molar-refractivity contribution < 1.29 is 19.1 Å². The molecular formula is C32H36N4O4. The molecule has 0 aliphatic carbocycles. The molecule has 0 saturated carbocycles. The van der Waals surface area contributed by atoms with Crippen LogP contribution in [0.4, 0.5) is 0 Å². The molecule has 0 aliphatic rings. The van der Waals surface area contributed by atoms with E-state index >= 15 is 0 Å². The predicted molar refractivity (Wildman–Crippen MR) is 155 cm³/mol. The summed E-state index contributed by atoms with van der Waals surface area (Å²) in [7, 11) is 0. The van der Waals surface area contributed by atoms with Gasteiger partial charge in [-0.25, -0.2) is 0 Å². The second-order valence-corrected chi connectivity index (χ2v) is 9.99. The molecule has 8 heteroatoms. The van der Waals surface area contributed by atoms with Gasteiger partial charge in [0.1, 0.15) is 18.4 Å². The third-order valence-corrected chi connectivity index (χ3v) is 6.92. The molecule has 0 bridgehead atoms. The third kappa shape index (κ3) is 8.20. The standard InChI is InChI=1S/C32H36N4O4/c1-22(31(33)38)11-16-30(37)36-29(32(39)34-18-17-25-20-35-28-10-6-5-9-27(25)28)19-23-12-14-26(15-13-23)40-21-24-7-3-2-4-8-24/h2-10,12-15,20,22,29,35H,11,16-19,21H2,1H3,(H2,33,38)(H,34,39)(H,36,37). The number of H-pyrrole nitrogens is 1. The number of carbonyl (C=O) groups excluding carboxylic acids is 3. The maximum Gasteiger partial charge on any atom is 0.242 e. The zero-order valence-electron chi connectivity index (χ0n) is 22.7. The van der Waals surface area contributed by atoms with Crippen molar-refractivity contribution in [1.82, 2.24) is 15.6 Å². The fourth-order valence-corrected chi connectivity index (χ4v) is 4.45. The molecule has 2 atom stereocenters. The Bertz CT molecular complexity index is 1420. The maximum absolute atomic E-state index is 13.2. The van der Waals surface area contributed by atoms with Crippen LogP contribution in [0.2, 0.25) is 0 Å². The Morgan fingerprint density at radius 2 is 1.65 bits per heavy atom. The topological polar surface area (TPSA) is 126 Å². The highest BCUT2D eigenvalue weighted by Crippen LogP contribution is 2.18. The van der Waals surface area contributed by atoms with E-state index in [1.807, 2.05) is 85.1 Å². The number of fused-ring (bicyclic) bond motifs is 1. The minimum Gasteiger partial charge on any atom is -0.489 e. The number of nitrogens with two attached hydrogens (primary N) is 1. The van der Waals surface area contributed by atoms with E-state index < -0.39 is 17.9 Å². The van der Waals surface area contributed by atoms with Gasteiger partial charge in [-0.2, -0.15) is 0 Å². The van der Waals surface area contributed by atoms with Crippen molar-refractivity contribution in [1.29, 1.82) is 0 Å². The van der Waals surface area contributed by atoms with Crippen molar-refractivity contribution in [3.8, 4) is 5.75 Å². The molecule has 208 valence electrons. The molecule has 3 aromatic carbocycles. The van der Waals surface area contributed by atoms with Crippen LogP contribution in [0.3, 0.4) is 0 Å². The lowest BCUT2D eigenvalue weighted by molar-refractivity contribution is -0.129. The van der Waals surface area contributed by atoms with Gasteiger partial charge in [-0.1, -0.05) is 67.6 Å². The Kier molecular flexibility index (Phi) is 9.93. The number of para-hydroxylation sites is 1. The number of hydrogen-bond acceptors (Lipinski definition) is 4. The zero-order chi connectivity index (χ0) is 28.3. The fraction of sp³-hybridized carbons (Fsp3) is 0.281. The lowest BCUT2D eigenvalue weighted by Crippen LogP contribution is -2.48. The summed E-state index contributed by atoms with van der Waals surface area (Å²) in [4.78, 5) is 40.5. The molecule has 0 radical (unpaired) electrons. The number of aromatic nitrogens is 1. The van der Waals surface area contributed by atoms with Crippen molar-refractivity contribution in [2.75, 3.05) is 6.54 Å². The van der Waals surface area contributed by atoms with Crippen molar-refractivity contribution >= 4 is 28.6 Å². The summed E-state index contributed by atoms with van der Waals surface area (Å²) in [5.74, 6) is -0.711. The molecular weight excluding hydrogens is 504 g/mol. The molecule has 0 spiro atoms. The minimum atomic E-state index is -0.768. The van der Waals surface area contributed by atoms with Crippen LogP contribution in [0.5, 0.6) is 5.75 Å². The largest absolute Gasteiger partial charge is 0.489 e. The first-order chi connectivity index (χ1) is 19.4. The number of carbonyl (C=O) groups is 3. The first-order valence-electron chi connectivity index (χ1n) is 13.6. The van der Waals surface area contributed by atoms with Crippen molar-refractivity contribution in [3.63, 3.8) is 0 Å². The Balaban J connectivity index is 1.36. The number of rotatable bonds is 14. The number of amides is 3. The minimum absolute atomic E-state index is 0.107. The van der Waals surface area contributed by atoms with Crippen LogP contribution < -0.4 is 21.1 Å². The van der Waals surface area contributed by atoms with E-state index in [9.17, 15) is 14.4 Å². The van der Waals surface area contributed by atoms with Gasteiger partial charge >= 0.3 is 0 Å². The van der Waals surface area contributed by atoms with E-state index in [0.29, 0.717) is 32.4 Å². The van der Waals surface area contributed by atoms with Crippen LogP contribution >= 0.6 is 0 Å². The van der Waals surface area contributed by atoms with Gasteiger partial charge in [0.2, 0.25) is 17.7 Å². The molecule has 0 fully saturated rings. The first kappa shape index (κ1) is 28.4. The van der Waals surface area contributed by atoms with Crippen LogP contribution in [-0.4, -0.2) is 35.3 Å². The zero-order valence-corrected chi connectivity index (χ0v) is 22.7. The van der Waals surface area contributed by atoms with Gasteiger partial charge in [0.15, 0.2) is 0 Å². The maximum atomic E-state index is 13.2. The monoisotopic (exact) mass is 540 g/mol. The fourth-order valence-electron chi connectivity index (χ4n) is 4.45. The number of aromatic amines is 1. The van der Waals surface area contributed by atoms with Gasteiger partial charge in [-0.05, 0) is 47.7 Å². The van der Waals surface area contributed by atoms with Gasteiger partial charge in [0, 0.05) is 42.4 Å². The van der Waals surface area contributed by atoms with E-state index in [1.165, 1.54) is 0 Å². The predicted octanol–water partition coefficient (Wildman–Crippen LogP) is 4.03. The molecule has 40 heavy (non-hydrogen) atoms. The summed E-state index contributed by atoms with van der Waals surface area (Å²) in [6.07, 6.45) is 3.35. The Labute approximate surface area is 234 Å². The van der Waals surface area contributed by atoms with Gasteiger partial charge in [0.05, 0.1) is 0 Å². The Morgan fingerprint density at radius 3 is 2.40 bits per heavy atom. The molecule has 0 saturated heterocycles. The summed E-state index contributed by atoms with van der Waals surface area (Å²) in [6, 6.07) is 24.7. The SMILES string of the molecule is CC(CCC(=O)NC(Cc1ccc(OCc2ccccc2)cc1)C(=O)NCCc1c[nH]c2ccccc12)C(N)=O. The summed E-state index contributed by atoms with van der Waals surface area (Å²) >= 11 is 0. The highest BCUT2D eigenvalue weighted by atomic mass is 16.5.